The van der Waals surface area contributed by atoms with Gasteiger partial charge in [-0.25, -0.2) is 4.98 Å². The smallest absolute Gasteiger partial charge is 0.259 e. The van der Waals surface area contributed by atoms with Crippen molar-refractivity contribution >= 4 is 0 Å². The van der Waals surface area contributed by atoms with E-state index in [-0.39, 0.29) is 5.75 Å². The van der Waals surface area contributed by atoms with Crippen LogP contribution in [0.15, 0.2) is 12.4 Å². The van der Waals surface area contributed by atoms with Crippen molar-refractivity contribution in [2.75, 3.05) is 7.11 Å². The van der Waals surface area contributed by atoms with E-state index in [1.54, 1.807) is 13.1 Å². The minimum Gasteiger partial charge on any atom is -0.490 e. The molecule has 1 N–H and O–H groups in total. The number of methoxy groups -OCH3 is 1. The predicted octanol–water partition coefficient (Wildman–Crippen LogP) is 1.32. The van der Waals surface area contributed by atoms with E-state index in [1.165, 1.54) is 13.3 Å². The van der Waals surface area contributed by atoms with Crippen LogP contribution in [-0.2, 0) is 0 Å². The number of ether oxygens (including phenoxy) is 1. The number of nitrogens with zero attached hydrogens (tertiary/aromatic N) is 3. The fourth-order valence-electron chi connectivity index (χ4n) is 1.26. The van der Waals surface area contributed by atoms with E-state index in [0.717, 1.165) is 0 Å². The number of aryl methyl sites for hydroxylation is 1. The van der Waals surface area contributed by atoms with Gasteiger partial charge in [-0.1, -0.05) is 0 Å². The molecule has 2 rings (SSSR count). The van der Waals surface area contributed by atoms with Gasteiger partial charge in [0.25, 0.3) is 5.95 Å². The highest BCUT2D eigenvalue weighted by Crippen LogP contribution is 2.22. The van der Waals surface area contributed by atoms with E-state index in [4.69, 9.17) is 4.74 Å². The van der Waals surface area contributed by atoms with E-state index in [2.05, 4.69) is 20.2 Å². The summed E-state index contributed by atoms with van der Waals surface area (Å²) >= 11 is 0. The van der Waals surface area contributed by atoms with Crippen LogP contribution in [0.2, 0.25) is 0 Å². The Morgan fingerprint density at radius 1 is 1.40 bits per heavy atom. The molecule has 6 heteroatoms. The highest BCUT2D eigenvalue weighted by Gasteiger charge is 2.13. The average molecular weight is 208 g/mol. The van der Waals surface area contributed by atoms with Crippen molar-refractivity contribution in [2.24, 2.45) is 0 Å². The van der Waals surface area contributed by atoms with E-state index in [9.17, 15) is 4.39 Å². The largest absolute Gasteiger partial charge is 0.490 e. The molecule has 0 bridgehead atoms. The summed E-state index contributed by atoms with van der Waals surface area (Å²) in [5, 5.41) is 6.35. The molecule has 2 aromatic heterocycles. The van der Waals surface area contributed by atoms with Crippen molar-refractivity contribution in [3.05, 3.63) is 24.0 Å². The number of halogens is 1. The lowest BCUT2D eigenvalue weighted by Gasteiger charge is -2.05. The quantitative estimate of drug-likeness (QED) is 0.756. The maximum absolute atomic E-state index is 13.4. The predicted molar refractivity (Wildman–Crippen MR) is 50.9 cm³/mol. The molecule has 0 aromatic carbocycles. The Morgan fingerprint density at radius 3 is 2.73 bits per heavy atom. The monoisotopic (exact) mass is 208 g/mol. The van der Waals surface area contributed by atoms with Gasteiger partial charge >= 0.3 is 0 Å². The van der Waals surface area contributed by atoms with Gasteiger partial charge in [0.2, 0.25) is 0 Å². The molecule has 78 valence electrons. The summed E-state index contributed by atoms with van der Waals surface area (Å²) in [7, 11) is 1.38. The molecule has 15 heavy (non-hydrogen) atoms. The molecule has 0 saturated carbocycles. The summed E-state index contributed by atoms with van der Waals surface area (Å²) in [6, 6.07) is 0. The molecule has 5 nitrogen and oxygen atoms in total. The van der Waals surface area contributed by atoms with Crippen LogP contribution in [0.25, 0.3) is 11.4 Å². The van der Waals surface area contributed by atoms with Gasteiger partial charge in [-0.2, -0.15) is 14.5 Å². The van der Waals surface area contributed by atoms with E-state index < -0.39 is 5.95 Å². The molecule has 0 aliphatic rings. The molecule has 0 aliphatic carbocycles. The lowest BCUT2D eigenvalue weighted by atomic mass is 10.3. The van der Waals surface area contributed by atoms with E-state index >= 15 is 0 Å². The first kappa shape index (κ1) is 9.57. The fourth-order valence-corrected chi connectivity index (χ4v) is 1.26. The van der Waals surface area contributed by atoms with Crippen LogP contribution in [0.3, 0.4) is 0 Å². The third kappa shape index (κ3) is 1.65. The lowest BCUT2D eigenvalue weighted by molar-refractivity contribution is 0.371. The van der Waals surface area contributed by atoms with Crippen molar-refractivity contribution in [3.63, 3.8) is 0 Å². The average Bonchev–Trinajstić information content (AvgIpc) is 2.69. The molecule has 0 radical (unpaired) electrons. The van der Waals surface area contributed by atoms with Gasteiger partial charge in [-0.3, -0.25) is 5.10 Å². The number of nitrogens with one attached hydrogen (secondary N) is 1. The maximum atomic E-state index is 13.4. The van der Waals surface area contributed by atoms with Crippen molar-refractivity contribution in [3.8, 4) is 17.1 Å². The summed E-state index contributed by atoms with van der Waals surface area (Å²) in [4.78, 5) is 7.80. The SMILES string of the molecule is COc1c(C)nc(-c2cn[nH]c2)nc1F. The minimum absolute atomic E-state index is 0.0715. The van der Waals surface area contributed by atoms with Crippen LogP contribution in [0.4, 0.5) is 4.39 Å². The second-order valence-corrected chi connectivity index (χ2v) is 2.94. The van der Waals surface area contributed by atoms with Crippen LogP contribution in [0, 0.1) is 12.9 Å². The second-order valence-electron chi connectivity index (χ2n) is 2.94. The Labute approximate surface area is 85.3 Å². The zero-order chi connectivity index (χ0) is 10.8. The summed E-state index contributed by atoms with van der Waals surface area (Å²) in [5.41, 5.74) is 1.10. The van der Waals surface area contributed by atoms with Gasteiger partial charge < -0.3 is 4.74 Å². The molecule has 0 unspecified atom stereocenters. The zero-order valence-corrected chi connectivity index (χ0v) is 8.28. The van der Waals surface area contributed by atoms with Crippen LogP contribution in [-0.4, -0.2) is 27.3 Å². The van der Waals surface area contributed by atoms with Crippen molar-refractivity contribution in [1.29, 1.82) is 0 Å². The van der Waals surface area contributed by atoms with Crippen LogP contribution in [0.1, 0.15) is 5.69 Å². The molecule has 2 heterocycles. The Kier molecular flexibility index (Phi) is 2.32. The highest BCUT2D eigenvalue weighted by atomic mass is 19.1. The Hall–Kier alpha value is -1.98. The van der Waals surface area contributed by atoms with Gasteiger partial charge in [0.05, 0.1) is 24.6 Å². The molecule has 2 aromatic rings. The first-order chi connectivity index (χ1) is 7.22. The fraction of sp³-hybridized carbons (Fsp3) is 0.222. The normalized spacial score (nSPS) is 10.3. The minimum atomic E-state index is -0.666. The van der Waals surface area contributed by atoms with Gasteiger partial charge in [-0.15, -0.1) is 0 Å². The third-order valence-corrected chi connectivity index (χ3v) is 1.95. The maximum Gasteiger partial charge on any atom is 0.259 e. The molecule has 0 aliphatic heterocycles. The van der Waals surface area contributed by atoms with Crippen molar-refractivity contribution in [1.82, 2.24) is 20.2 Å². The Balaban J connectivity index is 2.53. The first-order valence-electron chi connectivity index (χ1n) is 4.29. The molecule has 0 fully saturated rings. The van der Waals surface area contributed by atoms with Crippen LogP contribution >= 0.6 is 0 Å². The van der Waals surface area contributed by atoms with Crippen LogP contribution < -0.4 is 4.74 Å². The molecule has 0 amide bonds. The third-order valence-electron chi connectivity index (χ3n) is 1.95. The summed E-state index contributed by atoms with van der Waals surface area (Å²) in [6.07, 6.45) is 3.13. The molecular weight excluding hydrogens is 199 g/mol. The topological polar surface area (TPSA) is 63.7 Å². The number of rotatable bonds is 2. The Bertz CT molecular complexity index is 446. The lowest BCUT2D eigenvalue weighted by Crippen LogP contribution is -2.00. The van der Waals surface area contributed by atoms with Gasteiger partial charge in [0.1, 0.15) is 0 Å². The standard InChI is InChI=1S/C9H9FN4O/c1-5-7(15-2)8(10)14-9(13-5)6-3-11-12-4-6/h3-4H,1-2H3,(H,11,12). The summed E-state index contributed by atoms with van der Waals surface area (Å²) < 4.78 is 18.2. The van der Waals surface area contributed by atoms with Gasteiger partial charge in [-0.05, 0) is 6.92 Å². The van der Waals surface area contributed by atoms with Crippen molar-refractivity contribution in [2.45, 2.75) is 6.92 Å². The van der Waals surface area contributed by atoms with Crippen molar-refractivity contribution < 1.29 is 9.13 Å². The molecular formula is C9H9FN4O. The van der Waals surface area contributed by atoms with Gasteiger partial charge in [0, 0.05) is 6.20 Å². The number of H-pyrrole nitrogens is 1. The molecule has 0 spiro atoms. The Morgan fingerprint density at radius 2 is 2.20 bits per heavy atom. The highest BCUT2D eigenvalue weighted by molar-refractivity contribution is 5.52. The summed E-state index contributed by atoms with van der Waals surface area (Å²) in [6.45, 7) is 1.66. The number of aromatic nitrogens is 4. The number of hydrogen-bond donors (Lipinski definition) is 1. The summed E-state index contributed by atoms with van der Waals surface area (Å²) in [5.74, 6) is -0.303. The second kappa shape index (κ2) is 3.64. The van der Waals surface area contributed by atoms with Gasteiger partial charge in [0.15, 0.2) is 11.6 Å². The zero-order valence-electron chi connectivity index (χ0n) is 8.28. The number of hydrogen-bond acceptors (Lipinski definition) is 4. The van der Waals surface area contributed by atoms with E-state index in [1.807, 2.05) is 0 Å². The number of aromatic amines is 1. The van der Waals surface area contributed by atoms with Crippen LogP contribution in [0.5, 0.6) is 5.75 Å². The molecule has 0 atom stereocenters. The first-order valence-corrected chi connectivity index (χ1v) is 4.29. The molecule has 0 saturated heterocycles. The van der Waals surface area contributed by atoms with E-state index in [0.29, 0.717) is 17.1 Å².